The van der Waals surface area contributed by atoms with Crippen molar-refractivity contribution < 1.29 is 9.53 Å². The fourth-order valence-corrected chi connectivity index (χ4v) is 2.80. The van der Waals surface area contributed by atoms with Crippen molar-refractivity contribution in [3.63, 3.8) is 0 Å². The van der Waals surface area contributed by atoms with Crippen molar-refractivity contribution in [1.82, 2.24) is 0 Å². The molecule has 2 aromatic carbocycles. The van der Waals surface area contributed by atoms with Gasteiger partial charge in [-0.3, -0.25) is 9.69 Å². The highest BCUT2D eigenvalue weighted by molar-refractivity contribution is 6.01. The number of fused-ring (bicyclic) bond motifs is 1. The summed E-state index contributed by atoms with van der Waals surface area (Å²) in [5.74, 6) is 0.424. The molecule has 1 unspecified atom stereocenters. The van der Waals surface area contributed by atoms with Gasteiger partial charge in [-0.1, -0.05) is 57.2 Å². The lowest BCUT2D eigenvalue weighted by Crippen LogP contribution is -2.41. The lowest BCUT2D eigenvalue weighted by atomic mass is 9.86. The van der Waals surface area contributed by atoms with Gasteiger partial charge in [0.05, 0.1) is 11.8 Å². The molecule has 0 aromatic heterocycles. The Morgan fingerprint density at radius 2 is 1.88 bits per heavy atom. The van der Waals surface area contributed by atoms with Gasteiger partial charge < -0.3 is 4.74 Å². The van der Waals surface area contributed by atoms with E-state index in [1.165, 1.54) is 4.90 Å². The molecule has 0 fully saturated rings. The van der Waals surface area contributed by atoms with Gasteiger partial charge in [-0.2, -0.15) is 5.26 Å². The number of hydrogen-bond donors (Lipinski definition) is 0. The van der Waals surface area contributed by atoms with E-state index in [9.17, 15) is 4.79 Å². The first-order valence-electron chi connectivity index (χ1n) is 7.96. The molecular formula is C20H20N2O2. The Hall–Kier alpha value is -2.80. The van der Waals surface area contributed by atoms with Crippen molar-refractivity contribution in [3.8, 4) is 11.8 Å². The van der Waals surface area contributed by atoms with Crippen LogP contribution in [0, 0.1) is 11.3 Å². The molecule has 0 bridgehead atoms. The van der Waals surface area contributed by atoms with Crippen LogP contribution in [0.25, 0.3) is 0 Å². The normalized spacial score (nSPS) is 17.0. The van der Waals surface area contributed by atoms with Crippen molar-refractivity contribution in [2.75, 3.05) is 11.4 Å². The zero-order valence-electron chi connectivity index (χ0n) is 14.1. The standard InChI is InChI=1S/C20H20N2O2/c1-20(2,3)15-9-10-17-16(13-15)22(12-11-21)19(23)18(24-17)14-7-5-4-6-8-14/h4-10,13,18H,12H2,1-3H3. The van der Waals surface area contributed by atoms with Crippen molar-refractivity contribution >= 4 is 11.6 Å². The van der Waals surface area contributed by atoms with Crippen LogP contribution in [-0.4, -0.2) is 12.5 Å². The van der Waals surface area contributed by atoms with Gasteiger partial charge in [0.25, 0.3) is 5.91 Å². The van der Waals surface area contributed by atoms with Crippen LogP contribution in [0.3, 0.4) is 0 Å². The van der Waals surface area contributed by atoms with Crippen molar-refractivity contribution in [2.24, 2.45) is 0 Å². The summed E-state index contributed by atoms with van der Waals surface area (Å²) in [4.78, 5) is 14.4. The minimum atomic E-state index is -0.715. The molecule has 0 N–H and O–H groups in total. The molecule has 1 aliphatic heterocycles. The van der Waals surface area contributed by atoms with E-state index in [1.807, 2.05) is 48.5 Å². The highest BCUT2D eigenvalue weighted by Gasteiger charge is 2.36. The van der Waals surface area contributed by atoms with Crippen LogP contribution in [0.1, 0.15) is 38.0 Å². The summed E-state index contributed by atoms with van der Waals surface area (Å²) < 4.78 is 5.97. The predicted molar refractivity (Wildman–Crippen MR) is 92.9 cm³/mol. The minimum Gasteiger partial charge on any atom is -0.474 e. The van der Waals surface area contributed by atoms with Crippen molar-refractivity contribution in [3.05, 3.63) is 59.7 Å². The molecule has 4 heteroatoms. The highest BCUT2D eigenvalue weighted by Crippen LogP contribution is 2.41. The Bertz CT molecular complexity index is 801. The lowest BCUT2D eigenvalue weighted by molar-refractivity contribution is -0.126. The smallest absolute Gasteiger partial charge is 0.273 e. The summed E-state index contributed by atoms with van der Waals surface area (Å²) >= 11 is 0. The van der Waals surface area contributed by atoms with Crippen LogP contribution in [0.15, 0.2) is 48.5 Å². The van der Waals surface area contributed by atoms with Gasteiger partial charge in [-0.05, 0) is 23.1 Å². The molecule has 1 aliphatic rings. The first-order valence-corrected chi connectivity index (χ1v) is 7.96. The number of carbonyl (C=O) groups excluding carboxylic acids is 1. The zero-order valence-corrected chi connectivity index (χ0v) is 14.1. The number of carbonyl (C=O) groups is 1. The van der Waals surface area contributed by atoms with E-state index >= 15 is 0 Å². The number of ether oxygens (including phenoxy) is 1. The van der Waals surface area contributed by atoms with Gasteiger partial charge in [0.2, 0.25) is 6.10 Å². The molecule has 1 atom stereocenters. The van der Waals surface area contributed by atoms with Crippen LogP contribution >= 0.6 is 0 Å². The molecule has 4 nitrogen and oxygen atoms in total. The number of amides is 1. The van der Waals surface area contributed by atoms with Crippen LogP contribution in [0.4, 0.5) is 5.69 Å². The summed E-state index contributed by atoms with van der Waals surface area (Å²) in [5.41, 5.74) is 2.50. The highest BCUT2D eigenvalue weighted by atomic mass is 16.5. The zero-order chi connectivity index (χ0) is 17.3. The van der Waals surface area contributed by atoms with E-state index in [0.717, 1.165) is 11.1 Å². The first-order chi connectivity index (χ1) is 11.4. The maximum absolute atomic E-state index is 12.9. The fourth-order valence-electron chi connectivity index (χ4n) is 2.80. The molecule has 1 heterocycles. The Morgan fingerprint density at radius 1 is 1.17 bits per heavy atom. The van der Waals surface area contributed by atoms with E-state index in [-0.39, 0.29) is 17.9 Å². The van der Waals surface area contributed by atoms with Crippen LogP contribution in [0.2, 0.25) is 0 Å². The predicted octanol–water partition coefficient (Wildman–Crippen LogP) is 3.97. The van der Waals surface area contributed by atoms with Crippen LogP contribution in [0.5, 0.6) is 5.75 Å². The number of nitriles is 1. The molecule has 24 heavy (non-hydrogen) atoms. The Morgan fingerprint density at radius 3 is 2.50 bits per heavy atom. The molecular weight excluding hydrogens is 300 g/mol. The third-order valence-electron chi connectivity index (χ3n) is 4.18. The fraction of sp³-hybridized carbons (Fsp3) is 0.300. The Balaban J connectivity index is 2.08. The monoisotopic (exact) mass is 320 g/mol. The number of benzene rings is 2. The summed E-state index contributed by atoms with van der Waals surface area (Å²) in [6, 6.07) is 17.3. The SMILES string of the molecule is CC(C)(C)c1ccc2c(c1)N(CC#N)C(=O)C(c1ccccc1)O2. The average Bonchev–Trinajstić information content (AvgIpc) is 2.56. The third kappa shape index (κ3) is 2.85. The summed E-state index contributed by atoms with van der Waals surface area (Å²) in [6.45, 7) is 6.34. The minimum absolute atomic E-state index is 0.00607. The maximum Gasteiger partial charge on any atom is 0.273 e. The first kappa shape index (κ1) is 16.1. The third-order valence-corrected chi connectivity index (χ3v) is 4.18. The second kappa shape index (κ2) is 6.01. The molecule has 0 spiro atoms. The number of nitrogens with zero attached hydrogens (tertiary/aromatic N) is 2. The molecule has 3 rings (SSSR count). The van der Waals surface area contributed by atoms with E-state index < -0.39 is 6.10 Å². The van der Waals surface area contributed by atoms with Gasteiger partial charge in [-0.15, -0.1) is 0 Å². The van der Waals surface area contributed by atoms with Gasteiger partial charge in [0, 0.05) is 5.56 Å². The van der Waals surface area contributed by atoms with E-state index in [4.69, 9.17) is 10.00 Å². The molecule has 0 radical (unpaired) electrons. The number of hydrogen-bond acceptors (Lipinski definition) is 3. The molecule has 0 aliphatic carbocycles. The van der Waals surface area contributed by atoms with Crippen LogP contribution in [-0.2, 0) is 10.2 Å². The average molecular weight is 320 g/mol. The lowest BCUT2D eigenvalue weighted by Gasteiger charge is -2.34. The quantitative estimate of drug-likeness (QED) is 0.787. The molecule has 2 aromatic rings. The summed E-state index contributed by atoms with van der Waals surface area (Å²) in [6.07, 6.45) is -0.715. The Labute approximate surface area is 142 Å². The second-order valence-electron chi connectivity index (χ2n) is 6.92. The second-order valence-corrected chi connectivity index (χ2v) is 6.92. The van der Waals surface area contributed by atoms with Gasteiger partial charge in [-0.25, -0.2) is 0 Å². The van der Waals surface area contributed by atoms with Gasteiger partial charge >= 0.3 is 0 Å². The molecule has 1 amide bonds. The summed E-state index contributed by atoms with van der Waals surface area (Å²) in [5, 5.41) is 9.16. The molecule has 0 saturated heterocycles. The van der Waals surface area contributed by atoms with E-state index in [2.05, 4.69) is 26.8 Å². The maximum atomic E-state index is 12.9. The summed E-state index contributed by atoms with van der Waals surface area (Å²) in [7, 11) is 0. The van der Waals surface area contributed by atoms with Crippen LogP contribution < -0.4 is 9.64 Å². The largest absolute Gasteiger partial charge is 0.474 e. The van der Waals surface area contributed by atoms with E-state index in [1.54, 1.807) is 0 Å². The van der Waals surface area contributed by atoms with Crippen molar-refractivity contribution in [2.45, 2.75) is 32.3 Å². The number of rotatable bonds is 2. The topological polar surface area (TPSA) is 53.3 Å². The van der Waals surface area contributed by atoms with E-state index in [0.29, 0.717) is 11.4 Å². The molecule has 0 saturated carbocycles. The molecule has 122 valence electrons. The van der Waals surface area contributed by atoms with Crippen molar-refractivity contribution in [1.29, 1.82) is 5.26 Å². The number of anilines is 1. The van der Waals surface area contributed by atoms with Gasteiger partial charge in [0.15, 0.2) is 0 Å². The Kier molecular flexibility index (Phi) is 4.02. The van der Waals surface area contributed by atoms with Gasteiger partial charge in [0.1, 0.15) is 12.3 Å².